The van der Waals surface area contributed by atoms with Crippen LogP contribution in [0, 0.1) is 17.3 Å². The Morgan fingerprint density at radius 2 is 1.94 bits per heavy atom. The van der Waals surface area contributed by atoms with Gasteiger partial charge in [0.25, 0.3) is 0 Å². The summed E-state index contributed by atoms with van der Waals surface area (Å²) >= 11 is 0. The van der Waals surface area contributed by atoms with E-state index < -0.39 is 11.6 Å². The molecular formula is C13H20O4. The minimum atomic E-state index is -1.04. The van der Waals surface area contributed by atoms with E-state index in [0.29, 0.717) is 12.3 Å². The lowest BCUT2D eigenvalue weighted by molar-refractivity contribution is -0.196. The molecule has 3 aliphatic carbocycles. The molecule has 3 atom stereocenters. The maximum Gasteiger partial charge on any atom is 0.327 e. The lowest BCUT2D eigenvalue weighted by Crippen LogP contribution is -2.64. The third kappa shape index (κ3) is 2.27. The van der Waals surface area contributed by atoms with Crippen LogP contribution in [0.1, 0.15) is 33.6 Å². The molecule has 0 saturated heterocycles. The predicted octanol–water partition coefficient (Wildman–Crippen LogP) is 1.63. The second-order valence-corrected chi connectivity index (χ2v) is 5.62. The molecule has 3 saturated carbocycles. The number of carboxylic acids is 1. The van der Waals surface area contributed by atoms with Crippen LogP contribution in [0.5, 0.6) is 0 Å². The number of carbonyl (C=O) groups is 2. The fourth-order valence-corrected chi connectivity index (χ4v) is 2.94. The fourth-order valence-electron chi connectivity index (χ4n) is 2.94. The molecule has 0 aromatic carbocycles. The Kier molecular flexibility index (Phi) is 3.48. The van der Waals surface area contributed by atoms with Crippen LogP contribution in [0.2, 0.25) is 0 Å². The average Bonchev–Trinajstić information content (AvgIpc) is 2.21. The second kappa shape index (κ2) is 4.26. The number of ketones is 1. The highest BCUT2D eigenvalue weighted by atomic mass is 16.4. The molecule has 0 radical (unpaired) electrons. The van der Waals surface area contributed by atoms with Crippen molar-refractivity contribution in [1.29, 1.82) is 0 Å². The van der Waals surface area contributed by atoms with Crippen molar-refractivity contribution in [3.05, 3.63) is 12.7 Å². The number of hydrogen-bond acceptors (Lipinski definition) is 3. The van der Waals surface area contributed by atoms with Gasteiger partial charge in [0.05, 0.1) is 0 Å². The standard InChI is InChI=1S/C10H16O2.C3H4O2/c1-9(2)6-4-7(9)10(3,12)8(11)5-6;1-2-3(4)5/h6-7,12H,4-5H2,1-3H3;2H,1H2,(H,4,5). The van der Waals surface area contributed by atoms with E-state index in [1.807, 2.05) is 0 Å². The summed E-state index contributed by atoms with van der Waals surface area (Å²) in [5, 5.41) is 17.5. The van der Waals surface area contributed by atoms with Crippen LogP contribution in [-0.2, 0) is 9.59 Å². The lowest BCUT2D eigenvalue weighted by atomic mass is 9.44. The number of carbonyl (C=O) groups excluding carboxylic acids is 1. The minimum Gasteiger partial charge on any atom is -0.478 e. The summed E-state index contributed by atoms with van der Waals surface area (Å²) in [7, 11) is 0. The van der Waals surface area contributed by atoms with E-state index in [1.54, 1.807) is 6.92 Å². The van der Waals surface area contributed by atoms with Crippen molar-refractivity contribution in [2.75, 3.05) is 0 Å². The summed E-state index contributed by atoms with van der Waals surface area (Å²) in [6.45, 7) is 8.96. The summed E-state index contributed by atoms with van der Waals surface area (Å²) in [5.41, 5.74) is -0.865. The van der Waals surface area contributed by atoms with Crippen molar-refractivity contribution in [3.8, 4) is 0 Å². The van der Waals surface area contributed by atoms with Crippen LogP contribution in [0.15, 0.2) is 12.7 Å². The molecule has 3 rings (SSSR count). The highest BCUT2D eigenvalue weighted by Crippen LogP contribution is 2.61. The predicted molar refractivity (Wildman–Crippen MR) is 63.5 cm³/mol. The van der Waals surface area contributed by atoms with E-state index in [9.17, 15) is 14.7 Å². The maximum absolute atomic E-state index is 11.4. The van der Waals surface area contributed by atoms with E-state index in [4.69, 9.17) is 5.11 Å². The largest absolute Gasteiger partial charge is 0.478 e. The van der Waals surface area contributed by atoms with Crippen molar-refractivity contribution >= 4 is 11.8 Å². The van der Waals surface area contributed by atoms with Gasteiger partial charge in [0, 0.05) is 18.4 Å². The van der Waals surface area contributed by atoms with Gasteiger partial charge < -0.3 is 10.2 Å². The van der Waals surface area contributed by atoms with Gasteiger partial charge in [0.1, 0.15) is 5.60 Å². The molecule has 2 N–H and O–H groups in total. The van der Waals surface area contributed by atoms with Crippen molar-refractivity contribution < 1.29 is 19.8 Å². The molecule has 2 bridgehead atoms. The normalized spacial score (nSPS) is 37.3. The molecule has 4 heteroatoms. The van der Waals surface area contributed by atoms with Gasteiger partial charge in [-0.2, -0.15) is 0 Å². The molecule has 0 aromatic rings. The number of carboxylic acid groups (broad SMARTS) is 1. The Bertz CT molecular complexity index is 354. The van der Waals surface area contributed by atoms with Crippen LogP contribution in [0.4, 0.5) is 0 Å². The number of fused-ring (bicyclic) bond motifs is 2. The van der Waals surface area contributed by atoms with Crippen molar-refractivity contribution in [3.63, 3.8) is 0 Å². The summed E-state index contributed by atoms with van der Waals surface area (Å²) in [4.78, 5) is 20.6. The van der Waals surface area contributed by atoms with Gasteiger partial charge in [-0.1, -0.05) is 20.4 Å². The first-order valence-electron chi connectivity index (χ1n) is 5.75. The van der Waals surface area contributed by atoms with E-state index in [2.05, 4.69) is 20.4 Å². The Hall–Kier alpha value is -1.16. The molecule has 0 heterocycles. The minimum absolute atomic E-state index is 0.0445. The molecule has 3 aliphatic rings. The first kappa shape index (κ1) is 13.9. The van der Waals surface area contributed by atoms with Crippen LogP contribution < -0.4 is 0 Å². The van der Waals surface area contributed by atoms with E-state index in [0.717, 1.165) is 12.5 Å². The maximum atomic E-state index is 11.4. The van der Waals surface area contributed by atoms with Crippen LogP contribution in [-0.4, -0.2) is 27.6 Å². The van der Waals surface area contributed by atoms with Gasteiger partial charge in [0.2, 0.25) is 0 Å². The summed E-state index contributed by atoms with van der Waals surface area (Å²) in [5.74, 6) is -0.223. The van der Waals surface area contributed by atoms with E-state index >= 15 is 0 Å². The molecular weight excluding hydrogens is 220 g/mol. The molecule has 0 amide bonds. The van der Waals surface area contributed by atoms with Gasteiger partial charge in [-0.05, 0) is 24.7 Å². The quantitative estimate of drug-likeness (QED) is 0.683. The lowest BCUT2D eigenvalue weighted by Gasteiger charge is -2.61. The smallest absolute Gasteiger partial charge is 0.327 e. The molecule has 4 nitrogen and oxygen atoms in total. The summed E-state index contributed by atoms with van der Waals surface area (Å²) < 4.78 is 0. The van der Waals surface area contributed by atoms with Crippen molar-refractivity contribution in [2.45, 2.75) is 39.2 Å². The third-order valence-corrected chi connectivity index (χ3v) is 4.32. The van der Waals surface area contributed by atoms with E-state index in [-0.39, 0.29) is 17.1 Å². The van der Waals surface area contributed by atoms with Crippen molar-refractivity contribution in [1.82, 2.24) is 0 Å². The molecule has 3 unspecified atom stereocenters. The van der Waals surface area contributed by atoms with Crippen molar-refractivity contribution in [2.24, 2.45) is 17.3 Å². The Morgan fingerprint density at radius 3 is 2.18 bits per heavy atom. The third-order valence-electron chi connectivity index (χ3n) is 4.32. The van der Waals surface area contributed by atoms with Gasteiger partial charge >= 0.3 is 5.97 Å². The highest BCUT2D eigenvalue weighted by molar-refractivity contribution is 5.89. The molecule has 0 spiro atoms. The molecule has 96 valence electrons. The summed E-state index contributed by atoms with van der Waals surface area (Å²) in [6.07, 6.45) is 2.45. The highest BCUT2D eigenvalue weighted by Gasteiger charge is 2.62. The Balaban J connectivity index is 0.000000249. The number of rotatable bonds is 1. The molecule has 0 aromatic heterocycles. The number of aliphatic carboxylic acids is 1. The topological polar surface area (TPSA) is 74.6 Å². The average molecular weight is 240 g/mol. The summed E-state index contributed by atoms with van der Waals surface area (Å²) in [6, 6.07) is 0. The number of aliphatic hydroxyl groups is 1. The fraction of sp³-hybridized carbons (Fsp3) is 0.692. The monoisotopic (exact) mass is 240 g/mol. The first-order chi connectivity index (χ1) is 7.64. The van der Waals surface area contributed by atoms with Crippen LogP contribution in [0.3, 0.4) is 0 Å². The van der Waals surface area contributed by atoms with E-state index in [1.165, 1.54) is 0 Å². The Morgan fingerprint density at radius 1 is 1.47 bits per heavy atom. The van der Waals surface area contributed by atoms with Gasteiger partial charge in [-0.25, -0.2) is 4.79 Å². The zero-order valence-corrected chi connectivity index (χ0v) is 10.6. The van der Waals surface area contributed by atoms with Gasteiger partial charge in [-0.3, -0.25) is 4.79 Å². The zero-order chi connectivity index (χ0) is 13.4. The van der Waals surface area contributed by atoms with Crippen LogP contribution in [0.25, 0.3) is 0 Å². The molecule has 3 fully saturated rings. The number of Topliss-reactive ketones (excluding diaryl/α,β-unsaturated/α-hetero) is 1. The zero-order valence-electron chi connectivity index (χ0n) is 10.6. The van der Waals surface area contributed by atoms with Gasteiger partial charge in [0.15, 0.2) is 5.78 Å². The Labute approximate surface area is 101 Å². The number of hydrogen-bond donors (Lipinski definition) is 2. The second-order valence-electron chi connectivity index (χ2n) is 5.62. The molecule has 17 heavy (non-hydrogen) atoms. The molecule has 0 aliphatic heterocycles. The first-order valence-corrected chi connectivity index (χ1v) is 5.75. The SMILES string of the molecule is C=CC(=O)O.CC1(O)C(=O)CC2CC1C2(C)C. The van der Waals surface area contributed by atoms with Gasteiger partial charge in [-0.15, -0.1) is 0 Å². The van der Waals surface area contributed by atoms with Crippen LogP contribution >= 0.6 is 0 Å².